The number of benzene rings is 1. The first-order valence-corrected chi connectivity index (χ1v) is 7.62. The lowest BCUT2D eigenvalue weighted by atomic mass is 9.75. The van der Waals surface area contributed by atoms with Crippen molar-refractivity contribution in [2.45, 2.75) is 52.7 Å². The molecule has 1 aliphatic carbocycles. The number of ether oxygens (including phenoxy) is 1. The summed E-state index contributed by atoms with van der Waals surface area (Å²) in [5.41, 5.74) is 6.95. The first kappa shape index (κ1) is 15.3. The molecule has 0 aliphatic heterocycles. The minimum atomic E-state index is -0.291. The first-order chi connectivity index (χ1) is 9.45. The molecule has 0 aromatic heterocycles. The predicted molar refractivity (Wildman–Crippen MR) is 80.7 cm³/mol. The molecule has 1 aliphatic rings. The van der Waals surface area contributed by atoms with Crippen LogP contribution in [0.15, 0.2) is 18.2 Å². The predicted octanol–water partition coefficient (Wildman–Crippen LogP) is 4.39. The van der Waals surface area contributed by atoms with E-state index in [0.717, 1.165) is 12.0 Å². The van der Waals surface area contributed by atoms with Crippen LogP contribution in [0, 0.1) is 23.6 Å². The largest absolute Gasteiger partial charge is 0.399 e. The Hall–Kier alpha value is -1.09. The van der Waals surface area contributed by atoms with Crippen LogP contribution in [0.3, 0.4) is 0 Å². The molecule has 3 atom stereocenters. The van der Waals surface area contributed by atoms with E-state index >= 15 is 0 Å². The summed E-state index contributed by atoms with van der Waals surface area (Å²) in [5, 5.41) is 0. The minimum Gasteiger partial charge on any atom is -0.399 e. The normalized spacial score (nSPS) is 26.9. The summed E-state index contributed by atoms with van der Waals surface area (Å²) in [6.45, 7) is 7.25. The van der Waals surface area contributed by atoms with E-state index in [9.17, 15) is 4.39 Å². The summed E-state index contributed by atoms with van der Waals surface area (Å²) in [6.07, 6.45) is 3.90. The van der Waals surface area contributed by atoms with Gasteiger partial charge in [-0.1, -0.05) is 27.2 Å². The van der Waals surface area contributed by atoms with Crippen molar-refractivity contribution in [1.29, 1.82) is 0 Å². The highest BCUT2D eigenvalue weighted by molar-refractivity contribution is 5.41. The van der Waals surface area contributed by atoms with Crippen LogP contribution in [-0.4, -0.2) is 6.10 Å². The van der Waals surface area contributed by atoms with Crippen LogP contribution >= 0.6 is 0 Å². The van der Waals surface area contributed by atoms with Crippen LogP contribution in [-0.2, 0) is 11.3 Å². The number of hydrogen-bond donors (Lipinski definition) is 1. The SMILES string of the molecule is CC1CCC(C(C)C)C(OCc2cc(N)cc(F)c2)C1. The quantitative estimate of drug-likeness (QED) is 0.830. The fourth-order valence-corrected chi connectivity index (χ4v) is 3.27. The molecule has 0 amide bonds. The summed E-state index contributed by atoms with van der Waals surface area (Å²) in [6, 6.07) is 4.63. The van der Waals surface area contributed by atoms with Crippen molar-refractivity contribution >= 4 is 5.69 Å². The molecule has 2 rings (SSSR count). The third-order valence-corrected chi connectivity index (χ3v) is 4.41. The van der Waals surface area contributed by atoms with Crippen molar-refractivity contribution < 1.29 is 9.13 Å². The van der Waals surface area contributed by atoms with Gasteiger partial charge in [0.15, 0.2) is 0 Å². The van der Waals surface area contributed by atoms with Gasteiger partial charge in [0.1, 0.15) is 5.82 Å². The van der Waals surface area contributed by atoms with Crippen LogP contribution in [0.25, 0.3) is 0 Å². The van der Waals surface area contributed by atoms with E-state index in [1.54, 1.807) is 6.07 Å². The van der Waals surface area contributed by atoms with Crippen molar-refractivity contribution in [2.75, 3.05) is 5.73 Å². The van der Waals surface area contributed by atoms with E-state index in [1.165, 1.54) is 25.0 Å². The highest BCUT2D eigenvalue weighted by atomic mass is 19.1. The maximum absolute atomic E-state index is 13.3. The fourth-order valence-electron chi connectivity index (χ4n) is 3.27. The fraction of sp³-hybridized carbons (Fsp3) is 0.647. The Balaban J connectivity index is 1.99. The lowest BCUT2D eigenvalue weighted by molar-refractivity contribution is -0.0473. The average Bonchev–Trinajstić information content (AvgIpc) is 2.35. The Morgan fingerprint density at radius 2 is 2.05 bits per heavy atom. The number of halogens is 1. The van der Waals surface area contributed by atoms with Crippen LogP contribution in [0.2, 0.25) is 0 Å². The van der Waals surface area contributed by atoms with Gasteiger partial charge in [-0.25, -0.2) is 4.39 Å². The zero-order valence-corrected chi connectivity index (χ0v) is 12.7. The molecule has 0 radical (unpaired) electrons. The van der Waals surface area contributed by atoms with Gasteiger partial charge in [-0.3, -0.25) is 0 Å². The molecule has 1 aromatic carbocycles. The molecule has 3 unspecified atom stereocenters. The molecule has 0 bridgehead atoms. The molecule has 1 fully saturated rings. The van der Waals surface area contributed by atoms with Crippen molar-refractivity contribution in [3.05, 3.63) is 29.6 Å². The third kappa shape index (κ3) is 3.95. The Morgan fingerprint density at radius 1 is 1.30 bits per heavy atom. The van der Waals surface area contributed by atoms with Gasteiger partial charge in [0.05, 0.1) is 12.7 Å². The molecular weight excluding hydrogens is 253 g/mol. The van der Waals surface area contributed by atoms with Crippen molar-refractivity contribution in [1.82, 2.24) is 0 Å². The second-order valence-electron chi connectivity index (χ2n) is 6.57. The van der Waals surface area contributed by atoms with Gasteiger partial charge < -0.3 is 10.5 Å². The van der Waals surface area contributed by atoms with Gasteiger partial charge in [0.25, 0.3) is 0 Å². The third-order valence-electron chi connectivity index (χ3n) is 4.41. The van der Waals surface area contributed by atoms with Gasteiger partial charge in [0.2, 0.25) is 0 Å². The zero-order valence-electron chi connectivity index (χ0n) is 12.7. The number of anilines is 1. The van der Waals surface area contributed by atoms with E-state index in [2.05, 4.69) is 20.8 Å². The highest BCUT2D eigenvalue weighted by Crippen LogP contribution is 2.35. The summed E-state index contributed by atoms with van der Waals surface area (Å²) in [4.78, 5) is 0. The molecule has 0 heterocycles. The number of nitrogen functional groups attached to an aromatic ring is 1. The van der Waals surface area contributed by atoms with E-state index in [4.69, 9.17) is 10.5 Å². The lowest BCUT2D eigenvalue weighted by Gasteiger charge is -2.37. The first-order valence-electron chi connectivity index (χ1n) is 7.62. The van der Waals surface area contributed by atoms with Gasteiger partial charge in [-0.05, 0) is 54.4 Å². The van der Waals surface area contributed by atoms with Gasteiger partial charge in [-0.15, -0.1) is 0 Å². The smallest absolute Gasteiger partial charge is 0.125 e. The van der Waals surface area contributed by atoms with Crippen molar-refractivity contribution in [3.8, 4) is 0 Å². The molecule has 0 spiro atoms. The maximum atomic E-state index is 13.3. The van der Waals surface area contributed by atoms with E-state index in [0.29, 0.717) is 30.0 Å². The maximum Gasteiger partial charge on any atom is 0.125 e. The molecule has 2 N–H and O–H groups in total. The van der Waals surface area contributed by atoms with Crippen molar-refractivity contribution in [3.63, 3.8) is 0 Å². The van der Waals surface area contributed by atoms with E-state index < -0.39 is 0 Å². The molecule has 1 saturated carbocycles. The van der Waals surface area contributed by atoms with Gasteiger partial charge in [0, 0.05) is 5.69 Å². The summed E-state index contributed by atoms with van der Waals surface area (Å²) in [7, 11) is 0. The Kier molecular flexibility index (Phi) is 5.03. The molecule has 3 heteroatoms. The zero-order chi connectivity index (χ0) is 14.7. The molecule has 20 heavy (non-hydrogen) atoms. The van der Waals surface area contributed by atoms with Crippen LogP contribution < -0.4 is 5.73 Å². The molecule has 112 valence electrons. The Morgan fingerprint density at radius 3 is 2.70 bits per heavy atom. The van der Waals surface area contributed by atoms with E-state index in [1.807, 2.05) is 0 Å². The van der Waals surface area contributed by atoms with Gasteiger partial charge in [-0.2, -0.15) is 0 Å². The molecule has 1 aromatic rings. The molecular formula is C17H26FNO. The lowest BCUT2D eigenvalue weighted by Crippen LogP contribution is -2.34. The van der Waals surface area contributed by atoms with Gasteiger partial charge >= 0.3 is 0 Å². The topological polar surface area (TPSA) is 35.2 Å². The second-order valence-corrected chi connectivity index (χ2v) is 6.57. The number of nitrogens with two attached hydrogens (primary N) is 1. The summed E-state index contributed by atoms with van der Waals surface area (Å²) < 4.78 is 19.4. The molecule has 0 saturated heterocycles. The van der Waals surface area contributed by atoms with Crippen molar-refractivity contribution in [2.24, 2.45) is 17.8 Å². The standard InChI is InChI=1S/C17H26FNO/c1-11(2)16-5-4-12(3)6-17(16)20-10-13-7-14(18)9-15(19)8-13/h7-9,11-12,16-17H,4-6,10,19H2,1-3H3. The summed E-state index contributed by atoms with van der Waals surface area (Å²) in [5.74, 6) is 1.66. The second kappa shape index (κ2) is 6.57. The Bertz CT molecular complexity index is 426. The number of hydrogen-bond acceptors (Lipinski definition) is 2. The van der Waals surface area contributed by atoms with E-state index in [-0.39, 0.29) is 11.9 Å². The number of rotatable bonds is 4. The molecule has 2 nitrogen and oxygen atoms in total. The van der Waals surface area contributed by atoms with Crippen LogP contribution in [0.1, 0.15) is 45.6 Å². The van der Waals surface area contributed by atoms with Crippen LogP contribution in [0.4, 0.5) is 10.1 Å². The average molecular weight is 279 g/mol. The van der Waals surface area contributed by atoms with Crippen LogP contribution in [0.5, 0.6) is 0 Å². The Labute approximate surface area is 121 Å². The highest BCUT2D eigenvalue weighted by Gasteiger charge is 2.31. The minimum absolute atomic E-state index is 0.281. The summed E-state index contributed by atoms with van der Waals surface area (Å²) >= 11 is 0. The monoisotopic (exact) mass is 279 g/mol.